The number of carbonyl (C=O) groups excluding carboxylic acids is 4. The lowest BCUT2D eigenvalue weighted by Gasteiger charge is -2.37. The van der Waals surface area contributed by atoms with Crippen molar-refractivity contribution in [1.82, 2.24) is 14.8 Å². The van der Waals surface area contributed by atoms with E-state index in [1.165, 1.54) is 17.2 Å². The van der Waals surface area contributed by atoms with Crippen LogP contribution in [0, 0.1) is 17.8 Å². The van der Waals surface area contributed by atoms with Crippen molar-refractivity contribution in [3.8, 4) is 0 Å². The number of amides is 3. The summed E-state index contributed by atoms with van der Waals surface area (Å²) in [5, 5.41) is 11.0. The number of rotatable bonds is 12. The van der Waals surface area contributed by atoms with Crippen LogP contribution in [-0.2, 0) is 28.6 Å². The molecule has 1 N–H and O–H groups in total. The van der Waals surface area contributed by atoms with Gasteiger partial charge in [-0.1, -0.05) is 26.0 Å². The number of aromatic carboxylic acids is 1. The summed E-state index contributed by atoms with van der Waals surface area (Å²) in [7, 11) is 0. The Kier molecular flexibility index (Phi) is 9.41. The first kappa shape index (κ1) is 31.6. The number of imide groups is 1. The topological polar surface area (TPSA) is 153 Å². The Bertz CT molecular complexity index is 1220. The predicted molar refractivity (Wildman–Crippen MR) is 150 cm³/mol. The van der Waals surface area contributed by atoms with E-state index in [0.717, 1.165) is 11.3 Å². The van der Waals surface area contributed by atoms with Crippen molar-refractivity contribution in [2.45, 2.75) is 90.8 Å². The lowest BCUT2D eigenvalue weighted by Crippen LogP contribution is -2.47. The van der Waals surface area contributed by atoms with Gasteiger partial charge in [0.05, 0.1) is 24.0 Å². The van der Waals surface area contributed by atoms with Crippen LogP contribution >= 0.6 is 11.3 Å². The maximum absolute atomic E-state index is 13.5. The van der Waals surface area contributed by atoms with Crippen LogP contribution in [0.1, 0.15) is 82.4 Å². The molecule has 0 saturated carbocycles. The normalized spacial score (nSPS) is 24.2. The molecule has 0 aliphatic carbocycles. The summed E-state index contributed by atoms with van der Waals surface area (Å²) >= 11 is 1.07. The molecule has 3 aliphatic heterocycles. The molecule has 230 valence electrons. The lowest BCUT2D eigenvalue weighted by atomic mass is 9.85. The number of esters is 1. The number of carboxylic acids is 1. The van der Waals surface area contributed by atoms with Gasteiger partial charge >= 0.3 is 18.0 Å². The van der Waals surface area contributed by atoms with Gasteiger partial charge in [-0.3, -0.25) is 19.3 Å². The molecule has 4 rings (SSSR count). The first-order valence-electron chi connectivity index (χ1n) is 14.2. The van der Waals surface area contributed by atoms with Gasteiger partial charge in [-0.2, -0.15) is 0 Å². The molecule has 2 bridgehead atoms. The maximum Gasteiger partial charge on any atom is 0.410 e. The molecule has 12 nitrogen and oxygen atoms in total. The third-order valence-electron chi connectivity index (χ3n) is 7.61. The number of likely N-dealkylation sites (tertiary alicyclic amines) is 1. The van der Waals surface area contributed by atoms with Crippen molar-refractivity contribution in [1.29, 1.82) is 0 Å². The minimum absolute atomic E-state index is 0.0985. The number of thiazole rings is 1. The number of unbranched alkanes of at least 4 members (excludes halogenated alkanes) is 1. The number of carbonyl (C=O) groups is 5. The number of ether oxygens (including phenoxy) is 3. The molecule has 0 aromatic carbocycles. The van der Waals surface area contributed by atoms with E-state index in [4.69, 9.17) is 14.2 Å². The van der Waals surface area contributed by atoms with Gasteiger partial charge < -0.3 is 24.2 Å². The highest BCUT2D eigenvalue weighted by Gasteiger charge is 2.60. The zero-order valence-corrected chi connectivity index (χ0v) is 25.6. The van der Waals surface area contributed by atoms with E-state index in [1.807, 2.05) is 26.0 Å². The highest BCUT2D eigenvalue weighted by atomic mass is 32.1. The largest absolute Gasteiger partial charge is 0.476 e. The molecule has 0 spiro atoms. The van der Waals surface area contributed by atoms with Crippen molar-refractivity contribution >= 4 is 41.2 Å². The Morgan fingerprint density at radius 3 is 2.24 bits per heavy atom. The molecule has 3 amide bonds. The van der Waals surface area contributed by atoms with Gasteiger partial charge in [-0.15, -0.1) is 11.3 Å². The number of nitrogens with zero attached hydrogens (tertiary/aromatic N) is 3. The Morgan fingerprint density at radius 1 is 1.12 bits per heavy atom. The highest BCUT2D eigenvalue weighted by Crippen LogP contribution is 2.45. The molecule has 2 fully saturated rings. The summed E-state index contributed by atoms with van der Waals surface area (Å²) < 4.78 is 17.0. The van der Waals surface area contributed by atoms with Gasteiger partial charge in [0.25, 0.3) is 0 Å². The smallest absolute Gasteiger partial charge is 0.410 e. The van der Waals surface area contributed by atoms with E-state index in [-0.39, 0.29) is 55.1 Å². The quantitative estimate of drug-likeness (QED) is 0.161. The van der Waals surface area contributed by atoms with Crippen molar-refractivity contribution in [2.75, 3.05) is 13.1 Å². The molecular weight excluding hydrogens is 566 g/mol. The molecule has 2 saturated heterocycles. The molecule has 13 heteroatoms. The maximum atomic E-state index is 13.5. The first-order valence-corrected chi connectivity index (χ1v) is 15.1. The van der Waals surface area contributed by atoms with Gasteiger partial charge in [0.2, 0.25) is 11.8 Å². The predicted octanol–water partition coefficient (Wildman–Crippen LogP) is 3.82. The lowest BCUT2D eigenvalue weighted by molar-refractivity contribution is -0.148. The number of fused-ring (bicyclic) bond motifs is 5. The van der Waals surface area contributed by atoms with Gasteiger partial charge in [0, 0.05) is 37.9 Å². The van der Waals surface area contributed by atoms with Crippen LogP contribution in [0.15, 0.2) is 17.5 Å². The Hall–Kier alpha value is -3.32. The molecule has 3 aliphatic rings. The standard InChI is InChI=1S/C29H39N3O9S/c1-15(2)18(13-21(39-16(3)33)24-30-17(14-42-24)27(36)37)31(28(38)41-29(4,5)6)11-7-8-12-32-25(34)22-19-9-10-20(40-19)23(22)26(32)35/h9-10,14-15,18-23H,7-8,11-13H2,1-6H3,(H,36,37)/t18-,19?,20?,21-,22+,23?/m1/s1. The monoisotopic (exact) mass is 605 g/mol. The molecule has 4 heterocycles. The Labute approximate surface area is 249 Å². The Morgan fingerprint density at radius 2 is 1.74 bits per heavy atom. The van der Waals surface area contributed by atoms with Crippen LogP contribution in [0.4, 0.5) is 4.79 Å². The summed E-state index contributed by atoms with van der Waals surface area (Å²) in [5.74, 6) is -3.18. The summed E-state index contributed by atoms with van der Waals surface area (Å²) in [6.45, 7) is 10.9. The van der Waals surface area contributed by atoms with Crippen LogP contribution in [0.3, 0.4) is 0 Å². The van der Waals surface area contributed by atoms with E-state index < -0.39 is 47.6 Å². The van der Waals surface area contributed by atoms with Gasteiger partial charge in [-0.05, 0) is 39.5 Å². The number of hydrogen-bond donors (Lipinski definition) is 1. The summed E-state index contributed by atoms with van der Waals surface area (Å²) in [5.41, 5.74) is -0.915. The van der Waals surface area contributed by atoms with Crippen LogP contribution in [0.2, 0.25) is 0 Å². The molecule has 3 unspecified atom stereocenters. The zero-order valence-electron chi connectivity index (χ0n) is 24.8. The van der Waals surface area contributed by atoms with E-state index in [0.29, 0.717) is 17.8 Å². The van der Waals surface area contributed by atoms with Crippen LogP contribution in [-0.4, -0.2) is 86.7 Å². The van der Waals surface area contributed by atoms with Crippen molar-refractivity contribution in [3.63, 3.8) is 0 Å². The minimum Gasteiger partial charge on any atom is -0.476 e. The summed E-state index contributed by atoms with van der Waals surface area (Å²) in [4.78, 5) is 69.9. The first-order chi connectivity index (χ1) is 19.7. The summed E-state index contributed by atoms with van der Waals surface area (Å²) in [6, 6.07) is -0.463. The second-order valence-corrected chi connectivity index (χ2v) is 13.1. The Balaban J connectivity index is 1.47. The van der Waals surface area contributed by atoms with Crippen molar-refractivity contribution < 1.29 is 43.3 Å². The molecule has 1 aromatic heterocycles. The van der Waals surface area contributed by atoms with Gasteiger partial charge in [-0.25, -0.2) is 14.6 Å². The number of hydrogen-bond acceptors (Lipinski definition) is 10. The van der Waals surface area contributed by atoms with Crippen LogP contribution in [0.25, 0.3) is 0 Å². The van der Waals surface area contributed by atoms with Crippen LogP contribution in [0.5, 0.6) is 0 Å². The number of aromatic nitrogens is 1. The van der Waals surface area contributed by atoms with E-state index in [2.05, 4.69) is 4.98 Å². The fourth-order valence-electron chi connectivity index (χ4n) is 5.76. The van der Waals surface area contributed by atoms with Gasteiger partial charge in [0.15, 0.2) is 11.8 Å². The number of carboxylic acid groups (broad SMARTS) is 1. The third kappa shape index (κ3) is 6.83. The van der Waals surface area contributed by atoms with Gasteiger partial charge in [0.1, 0.15) is 10.6 Å². The highest BCUT2D eigenvalue weighted by molar-refractivity contribution is 7.09. The average molecular weight is 606 g/mol. The van der Waals surface area contributed by atoms with Crippen molar-refractivity contribution in [2.24, 2.45) is 17.8 Å². The molecule has 0 radical (unpaired) electrons. The third-order valence-corrected chi connectivity index (χ3v) is 8.55. The second-order valence-electron chi connectivity index (χ2n) is 12.2. The van der Waals surface area contributed by atoms with Crippen molar-refractivity contribution in [3.05, 3.63) is 28.2 Å². The second kappa shape index (κ2) is 12.5. The minimum atomic E-state index is -1.19. The fourth-order valence-corrected chi connectivity index (χ4v) is 6.60. The van der Waals surface area contributed by atoms with E-state index in [1.54, 1.807) is 25.7 Å². The van der Waals surface area contributed by atoms with E-state index in [9.17, 15) is 29.1 Å². The fraction of sp³-hybridized carbons (Fsp3) is 0.655. The molecule has 1 aromatic rings. The summed E-state index contributed by atoms with van der Waals surface area (Å²) in [6.07, 6.45) is 2.73. The zero-order chi connectivity index (χ0) is 30.9. The molecular formula is C29H39N3O9S. The average Bonchev–Trinajstić information content (AvgIpc) is 3.66. The van der Waals surface area contributed by atoms with Crippen LogP contribution < -0.4 is 0 Å². The SMILES string of the molecule is CC(=O)O[C@H](C[C@H](C(C)C)N(CCCCN1C(=O)C2C3C=CC(O3)[C@@H]2C1=O)C(=O)OC(C)(C)C)c1nc(C(=O)O)cs1. The molecule has 42 heavy (non-hydrogen) atoms. The molecule has 6 atom stereocenters. The van der Waals surface area contributed by atoms with E-state index >= 15 is 0 Å².